The van der Waals surface area contributed by atoms with Crippen molar-refractivity contribution >= 4 is 15.9 Å². The molecule has 0 bridgehead atoms. The zero-order valence-electron chi connectivity index (χ0n) is 13.1. The number of aryl methyl sites for hydroxylation is 2. The van der Waals surface area contributed by atoms with E-state index in [1.807, 2.05) is 6.92 Å². The molecule has 0 aliphatic heterocycles. The summed E-state index contributed by atoms with van der Waals surface area (Å²) in [5.74, 6) is -0.252. The molecule has 21 heavy (non-hydrogen) atoms. The molecule has 0 heterocycles. The van der Waals surface area contributed by atoms with E-state index in [9.17, 15) is 13.2 Å². The molecule has 1 aromatic rings. The van der Waals surface area contributed by atoms with E-state index < -0.39 is 10.0 Å². The van der Waals surface area contributed by atoms with Crippen molar-refractivity contribution in [3.05, 3.63) is 28.8 Å². The van der Waals surface area contributed by atoms with Crippen LogP contribution in [0, 0.1) is 13.8 Å². The van der Waals surface area contributed by atoms with Gasteiger partial charge in [0.25, 0.3) is 5.91 Å². The maximum atomic E-state index is 12.4. The maximum absolute atomic E-state index is 12.4. The molecule has 1 rings (SSSR count). The van der Waals surface area contributed by atoms with Crippen LogP contribution in [0.15, 0.2) is 17.0 Å². The van der Waals surface area contributed by atoms with Crippen LogP contribution in [0.3, 0.4) is 0 Å². The summed E-state index contributed by atoms with van der Waals surface area (Å²) < 4.78 is 23.1. The number of hydrogen-bond donors (Lipinski definition) is 2. The molecule has 118 valence electrons. The first kappa shape index (κ1) is 17.7. The molecule has 0 aliphatic carbocycles. The number of nitrogens with one attached hydrogen (secondary N) is 1. The third-order valence-electron chi connectivity index (χ3n) is 3.54. The Labute approximate surface area is 127 Å². The summed E-state index contributed by atoms with van der Waals surface area (Å²) in [5.41, 5.74) is 1.65. The summed E-state index contributed by atoms with van der Waals surface area (Å²) in [6.07, 6.45) is 2.72. The lowest BCUT2D eigenvalue weighted by molar-refractivity contribution is 0.0933. The Kier molecular flexibility index (Phi) is 5.92. The molecule has 1 amide bonds. The molecule has 1 atom stereocenters. The van der Waals surface area contributed by atoms with Gasteiger partial charge in [0.15, 0.2) is 0 Å². The number of hydrogen-bond acceptors (Lipinski definition) is 3. The van der Waals surface area contributed by atoms with E-state index in [-0.39, 0.29) is 16.8 Å². The van der Waals surface area contributed by atoms with Crippen LogP contribution in [0.5, 0.6) is 0 Å². The van der Waals surface area contributed by atoms with Crippen LogP contribution in [0.2, 0.25) is 0 Å². The molecule has 0 aromatic heterocycles. The van der Waals surface area contributed by atoms with Gasteiger partial charge in [0, 0.05) is 11.6 Å². The van der Waals surface area contributed by atoms with Crippen LogP contribution < -0.4 is 10.5 Å². The summed E-state index contributed by atoms with van der Waals surface area (Å²) in [5, 5.41) is 8.14. The molecule has 0 saturated carbocycles. The van der Waals surface area contributed by atoms with Gasteiger partial charge in [0.2, 0.25) is 10.0 Å². The first-order chi connectivity index (χ1) is 9.70. The van der Waals surface area contributed by atoms with Crippen molar-refractivity contribution in [1.29, 1.82) is 0 Å². The van der Waals surface area contributed by atoms with Crippen LogP contribution in [0.1, 0.15) is 54.6 Å². The Hall–Kier alpha value is -1.40. The Morgan fingerprint density at radius 2 is 1.86 bits per heavy atom. The monoisotopic (exact) mass is 312 g/mol. The zero-order valence-corrected chi connectivity index (χ0v) is 13.9. The minimum atomic E-state index is -3.83. The second kappa shape index (κ2) is 7.04. The first-order valence-corrected chi connectivity index (χ1v) is 8.70. The molecule has 1 aromatic carbocycles. The predicted octanol–water partition coefficient (Wildman–Crippen LogP) is 2.26. The highest BCUT2D eigenvalue weighted by molar-refractivity contribution is 7.89. The predicted molar refractivity (Wildman–Crippen MR) is 83.7 cm³/mol. The van der Waals surface area contributed by atoms with Gasteiger partial charge >= 0.3 is 0 Å². The molecule has 0 fully saturated rings. The Bertz CT molecular complexity index is 624. The highest BCUT2D eigenvalue weighted by Gasteiger charge is 2.19. The highest BCUT2D eigenvalue weighted by atomic mass is 32.2. The molecule has 0 spiro atoms. The highest BCUT2D eigenvalue weighted by Crippen LogP contribution is 2.20. The molecule has 0 saturated heterocycles. The average Bonchev–Trinajstić information content (AvgIpc) is 2.36. The van der Waals surface area contributed by atoms with Gasteiger partial charge in [0.1, 0.15) is 0 Å². The molecule has 0 radical (unpaired) electrons. The van der Waals surface area contributed by atoms with Gasteiger partial charge in [-0.3, -0.25) is 4.79 Å². The molecule has 3 N–H and O–H groups in total. The lowest BCUT2D eigenvalue weighted by atomic mass is 10.0. The summed E-state index contributed by atoms with van der Waals surface area (Å²) in [6.45, 7) is 7.53. The Morgan fingerprint density at radius 3 is 2.33 bits per heavy atom. The third-order valence-corrected chi connectivity index (χ3v) is 4.59. The average molecular weight is 312 g/mol. The van der Waals surface area contributed by atoms with E-state index >= 15 is 0 Å². The fourth-order valence-electron chi connectivity index (χ4n) is 2.37. The number of nitrogens with two attached hydrogens (primary N) is 1. The van der Waals surface area contributed by atoms with E-state index in [1.165, 1.54) is 6.07 Å². The standard InChI is InChI=1S/C15H24N2O3S/c1-5-7-12(6-2)17-15(18)13-9-14(21(16,19)20)11(4)8-10(13)3/h8-9,12H,5-7H2,1-4H3,(H,17,18)(H2,16,19,20). The van der Waals surface area contributed by atoms with Crippen molar-refractivity contribution < 1.29 is 13.2 Å². The number of benzene rings is 1. The van der Waals surface area contributed by atoms with Crippen LogP contribution in [0.25, 0.3) is 0 Å². The van der Waals surface area contributed by atoms with Gasteiger partial charge in [-0.25, -0.2) is 13.6 Å². The van der Waals surface area contributed by atoms with Gasteiger partial charge in [0.05, 0.1) is 4.90 Å². The lowest BCUT2D eigenvalue weighted by Gasteiger charge is -2.17. The van der Waals surface area contributed by atoms with Gasteiger partial charge in [-0.15, -0.1) is 0 Å². The van der Waals surface area contributed by atoms with Crippen molar-refractivity contribution in [2.45, 2.75) is 57.9 Å². The molecule has 0 aliphatic rings. The smallest absolute Gasteiger partial charge is 0.251 e. The Morgan fingerprint density at radius 1 is 1.24 bits per heavy atom. The number of primary sulfonamides is 1. The SMILES string of the molecule is CCCC(CC)NC(=O)c1cc(S(N)(=O)=O)c(C)cc1C. The topological polar surface area (TPSA) is 89.3 Å². The van der Waals surface area contributed by atoms with Gasteiger partial charge < -0.3 is 5.32 Å². The van der Waals surface area contributed by atoms with Gasteiger partial charge in [-0.05, 0) is 43.9 Å². The minimum Gasteiger partial charge on any atom is -0.349 e. The maximum Gasteiger partial charge on any atom is 0.251 e. The second-order valence-electron chi connectivity index (χ2n) is 5.34. The molecule has 1 unspecified atom stereocenters. The van der Waals surface area contributed by atoms with Crippen molar-refractivity contribution in [3.8, 4) is 0 Å². The number of rotatable bonds is 6. The summed E-state index contributed by atoms with van der Waals surface area (Å²) >= 11 is 0. The Balaban J connectivity index is 3.15. The normalized spacial score (nSPS) is 13.0. The van der Waals surface area contributed by atoms with Gasteiger partial charge in [-0.2, -0.15) is 0 Å². The largest absolute Gasteiger partial charge is 0.349 e. The van der Waals surface area contributed by atoms with E-state index in [4.69, 9.17) is 5.14 Å². The quantitative estimate of drug-likeness (QED) is 0.844. The van der Waals surface area contributed by atoms with Crippen molar-refractivity contribution in [1.82, 2.24) is 5.32 Å². The number of amides is 1. The van der Waals surface area contributed by atoms with E-state index in [1.54, 1.807) is 19.9 Å². The van der Waals surface area contributed by atoms with Gasteiger partial charge in [-0.1, -0.05) is 26.3 Å². The number of carbonyl (C=O) groups excluding carboxylic acids is 1. The third kappa shape index (κ3) is 4.54. The lowest BCUT2D eigenvalue weighted by Crippen LogP contribution is -2.34. The molecular formula is C15H24N2O3S. The van der Waals surface area contributed by atoms with E-state index in [0.717, 1.165) is 24.8 Å². The van der Waals surface area contributed by atoms with Crippen LogP contribution in [-0.4, -0.2) is 20.4 Å². The van der Waals surface area contributed by atoms with E-state index in [2.05, 4.69) is 12.2 Å². The molecule has 6 heteroatoms. The zero-order chi connectivity index (χ0) is 16.2. The minimum absolute atomic E-state index is 0.00166. The van der Waals surface area contributed by atoms with Crippen LogP contribution in [0.4, 0.5) is 0 Å². The molecule has 5 nitrogen and oxygen atoms in total. The fourth-order valence-corrected chi connectivity index (χ4v) is 3.16. The van der Waals surface area contributed by atoms with Crippen LogP contribution >= 0.6 is 0 Å². The number of sulfonamides is 1. The van der Waals surface area contributed by atoms with E-state index in [0.29, 0.717) is 11.1 Å². The first-order valence-electron chi connectivity index (χ1n) is 7.15. The van der Waals surface area contributed by atoms with Crippen LogP contribution in [-0.2, 0) is 10.0 Å². The van der Waals surface area contributed by atoms with Crippen molar-refractivity contribution in [2.75, 3.05) is 0 Å². The van der Waals surface area contributed by atoms with Crippen molar-refractivity contribution in [2.24, 2.45) is 5.14 Å². The molecular weight excluding hydrogens is 288 g/mol. The summed E-state index contributed by atoms with van der Waals surface area (Å²) in [4.78, 5) is 12.4. The second-order valence-corrected chi connectivity index (χ2v) is 6.87. The fraction of sp³-hybridized carbons (Fsp3) is 0.533. The summed E-state index contributed by atoms with van der Waals surface area (Å²) in [6, 6.07) is 3.14. The van der Waals surface area contributed by atoms with Crippen molar-refractivity contribution in [3.63, 3.8) is 0 Å². The summed E-state index contributed by atoms with van der Waals surface area (Å²) in [7, 11) is -3.83. The number of carbonyl (C=O) groups is 1.